The SMILES string of the molecule is CN=C(NCCNC(=O)C(C)C)NCc1coc(-c2ccccc2)n1. The first-order chi connectivity index (χ1) is 12.1. The van der Waals surface area contributed by atoms with Crippen molar-refractivity contribution in [2.75, 3.05) is 20.1 Å². The Morgan fingerprint density at radius 2 is 1.88 bits per heavy atom. The molecule has 0 aliphatic rings. The second-order valence-electron chi connectivity index (χ2n) is 5.81. The molecule has 2 rings (SSSR count). The predicted molar refractivity (Wildman–Crippen MR) is 98.0 cm³/mol. The molecule has 0 aliphatic carbocycles. The smallest absolute Gasteiger partial charge is 0.226 e. The first-order valence-electron chi connectivity index (χ1n) is 8.32. The number of carbonyl (C=O) groups excluding carboxylic acids is 1. The molecule has 0 saturated heterocycles. The Morgan fingerprint density at radius 3 is 2.56 bits per heavy atom. The van der Waals surface area contributed by atoms with E-state index in [1.165, 1.54) is 0 Å². The average molecular weight is 343 g/mol. The number of aliphatic imine (C=N–C) groups is 1. The third kappa shape index (κ3) is 5.95. The minimum Gasteiger partial charge on any atom is -0.444 e. The summed E-state index contributed by atoms with van der Waals surface area (Å²) in [5.74, 6) is 1.27. The van der Waals surface area contributed by atoms with Crippen LogP contribution in [0.25, 0.3) is 11.5 Å². The number of hydrogen-bond donors (Lipinski definition) is 3. The number of amides is 1. The topological polar surface area (TPSA) is 91.5 Å². The molecule has 0 aliphatic heterocycles. The molecule has 1 amide bonds. The highest BCUT2D eigenvalue weighted by molar-refractivity contribution is 5.80. The number of benzene rings is 1. The first-order valence-corrected chi connectivity index (χ1v) is 8.32. The Hall–Kier alpha value is -2.83. The zero-order valence-corrected chi connectivity index (χ0v) is 14.9. The molecule has 0 spiro atoms. The number of nitrogens with one attached hydrogen (secondary N) is 3. The summed E-state index contributed by atoms with van der Waals surface area (Å²) in [4.78, 5) is 20.1. The van der Waals surface area contributed by atoms with Crippen LogP contribution in [0, 0.1) is 5.92 Å². The Labute approximate surface area is 147 Å². The summed E-state index contributed by atoms with van der Waals surface area (Å²) in [5.41, 5.74) is 1.73. The number of nitrogens with zero attached hydrogens (tertiary/aromatic N) is 2. The highest BCUT2D eigenvalue weighted by Crippen LogP contribution is 2.17. The summed E-state index contributed by atoms with van der Waals surface area (Å²) in [5, 5.41) is 9.15. The van der Waals surface area contributed by atoms with Gasteiger partial charge in [0.05, 0.1) is 12.2 Å². The second-order valence-corrected chi connectivity index (χ2v) is 5.81. The van der Waals surface area contributed by atoms with Crippen LogP contribution in [0.2, 0.25) is 0 Å². The average Bonchev–Trinajstić information content (AvgIpc) is 3.10. The van der Waals surface area contributed by atoms with Gasteiger partial charge in [-0.2, -0.15) is 0 Å². The van der Waals surface area contributed by atoms with Crippen molar-refractivity contribution in [1.82, 2.24) is 20.9 Å². The maximum absolute atomic E-state index is 11.5. The zero-order chi connectivity index (χ0) is 18.1. The molecular weight excluding hydrogens is 318 g/mol. The molecule has 0 fully saturated rings. The minimum atomic E-state index is -0.0107. The third-order valence-corrected chi connectivity index (χ3v) is 3.47. The Balaban J connectivity index is 1.76. The van der Waals surface area contributed by atoms with E-state index in [1.807, 2.05) is 44.2 Å². The number of guanidine groups is 1. The Bertz CT molecular complexity index is 695. The maximum atomic E-state index is 11.5. The molecular formula is C18H25N5O2. The van der Waals surface area contributed by atoms with Gasteiger partial charge in [-0.05, 0) is 12.1 Å². The van der Waals surface area contributed by atoms with Crippen molar-refractivity contribution in [3.05, 3.63) is 42.3 Å². The third-order valence-electron chi connectivity index (χ3n) is 3.47. The molecule has 1 aromatic heterocycles. The fourth-order valence-electron chi connectivity index (χ4n) is 2.07. The van der Waals surface area contributed by atoms with Crippen molar-refractivity contribution in [3.63, 3.8) is 0 Å². The zero-order valence-electron chi connectivity index (χ0n) is 14.9. The predicted octanol–water partition coefficient (Wildman–Crippen LogP) is 1.78. The molecule has 0 bridgehead atoms. The molecule has 7 heteroatoms. The van der Waals surface area contributed by atoms with Crippen molar-refractivity contribution in [2.24, 2.45) is 10.9 Å². The van der Waals surface area contributed by atoms with E-state index >= 15 is 0 Å². The van der Waals surface area contributed by atoms with Gasteiger partial charge in [-0.1, -0.05) is 32.0 Å². The van der Waals surface area contributed by atoms with Gasteiger partial charge in [0, 0.05) is 31.6 Å². The van der Waals surface area contributed by atoms with Crippen molar-refractivity contribution < 1.29 is 9.21 Å². The van der Waals surface area contributed by atoms with E-state index < -0.39 is 0 Å². The van der Waals surface area contributed by atoms with Gasteiger partial charge in [0.1, 0.15) is 6.26 Å². The van der Waals surface area contributed by atoms with Crippen molar-refractivity contribution >= 4 is 11.9 Å². The fourth-order valence-corrected chi connectivity index (χ4v) is 2.07. The van der Waals surface area contributed by atoms with Gasteiger partial charge in [0.15, 0.2) is 5.96 Å². The minimum absolute atomic E-state index is 0.0107. The lowest BCUT2D eigenvalue weighted by Crippen LogP contribution is -2.41. The lowest BCUT2D eigenvalue weighted by molar-refractivity contribution is -0.123. The molecule has 0 saturated carbocycles. The number of aromatic nitrogens is 1. The molecule has 0 radical (unpaired) electrons. The lowest BCUT2D eigenvalue weighted by Gasteiger charge is -2.12. The normalized spacial score (nSPS) is 11.4. The van der Waals surface area contributed by atoms with E-state index in [9.17, 15) is 4.79 Å². The van der Waals surface area contributed by atoms with Gasteiger partial charge in [0.2, 0.25) is 11.8 Å². The molecule has 3 N–H and O–H groups in total. The molecule has 0 unspecified atom stereocenters. The summed E-state index contributed by atoms with van der Waals surface area (Å²) in [7, 11) is 1.69. The second kappa shape index (κ2) is 9.46. The van der Waals surface area contributed by atoms with Crippen LogP contribution in [0.15, 0.2) is 46.0 Å². The molecule has 1 aromatic carbocycles. The van der Waals surface area contributed by atoms with Gasteiger partial charge < -0.3 is 20.4 Å². The molecule has 25 heavy (non-hydrogen) atoms. The van der Waals surface area contributed by atoms with Crippen molar-refractivity contribution in [1.29, 1.82) is 0 Å². The largest absolute Gasteiger partial charge is 0.444 e. The number of rotatable bonds is 7. The van der Waals surface area contributed by atoms with Gasteiger partial charge >= 0.3 is 0 Å². The van der Waals surface area contributed by atoms with Crippen molar-refractivity contribution in [3.8, 4) is 11.5 Å². The fraction of sp³-hybridized carbons (Fsp3) is 0.389. The van der Waals surface area contributed by atoms with Gasteiger partial charge in [-0.15, -0.1) is 0 Å². The molecule has 134 valence electrons. The van der Waals surface area contributed by atoms with Crippen LogP contribution in [-0.2, 0) is 11.3 Å². The number of oxazole rings is 1. The van der Waals surface area contributed by atoms with Crippen LogP contribution < -0.4 is 16.0 Å². The van der Waals surface area contributed by atoms with E-state index in [2.05, 4.69) is 25.9 Å². The highest BCUT2D eigenvalue weighted by Gasteiger charge is 2.07. The summed E-state index contributed by atoms with van der Waals surface area (Å²) in [6.45, 7) is 5.36. The molecule has 1 heterocycles. The van der Waals surface area contributed by atoms with E-state index in [0.29, 0.717) is 31.5 Å². The van der Waals surface area contributed by atoms with E-state index in [-0.39, 0.29) is 11.8 Å². The molecule has 7 nitrogen and oxygen atoms in total. The van der Waals surface area contributed by atoms with Gasteiger partial charge in [-0.25, -0.2) is 4.98 Å². The van der Waals surface area contributed by atoms with Crippen LogP contribution in [-0.4, -0.2) is 37.0 Å². The van der Waals surface area contributed by atoms with Crippen LogP contribution >= 0.6 is 0 Å². The summed E-state index contributed by atoms with van der Waals surface area (Å²) >= 11 is 0. The highest BCUT2D eigenvalue weighted by atomic mass is 16.3. The van der Waals surface area contributed by atoms with Gasteiger partial charge in [0.25, 0.3) is 0 Å². The summed E-state index contributed by atoms with van der Waals surface area (Å²) in [6.07, 6.45) is 1.63. The summed E-state index contributed by atoms with van der Waals surface area (Å²) in [6, 6.07) is 9.75. The number of carbonyl (C=O) groups is 1. The van der Waals surface area contributed by atoms with Crippen LogP contribution in [0.1, 0.15) is 19.5 Å². The van der Waals surface area contributed by atoms with Crippen LogP contribution in [0.4, 0.5) is 0 Å². The Kier molecular flexibility index (Phi) is 7.00. The standard InChI is InChI=1S/C18H25N5O2/c1-13(2)16(24)20-9-10-21-18(19-3)22-11-15-12-25-17(23-15)14-7-5-4-6-8-14/h4-8,12-13H,9-11H2,1-3H3,(H,20,24)(H2,19,21,22). The lowest BCUT2D eigenvalue weighted by atomic mass is 10.2. The monoisotopic (exact) mass is 343 g/mol. The molecule has 2 aromatic rings. The van der Waals surface area contributed by atoms with E-state index in [4.69, 9.17) is 4.42 Å². The summed E-state index contributed by atoms with van der Waals surface area (Å²) < 4.78 is 5.51. The maximum Gasteiger partial charge on any atom is 0.226 e. The van der Waals surface area contributed by atoms with Crippen LogP contribution in [0.5, 0.6) is 0 Å². The van der Waals surface area contributed by atoms with Gasteiger partial charge in [-0.3, -0.25) is 9.79 Å². The Morgan fingerprint density at radius 1 is 1.16 bits per heavy atom. The molecule has 0 atom stereocenters. The van der Waals surface area contributed by atoms with Crippen molar-refractivity contribution in [2.45, 2.75) is 20.4 Å². The van der Waals surface area contributed by atoms with E-state index in [0.717, 1.165) is 11.3 Å². The van der Waals surface area contributed by atoms with Crippen LogP contribution in [0.3, 0.4) is 0 Å². The van der Waals surface area contributed by atoms with E-state index in [1.54, 1.807) is 13.3 Å². The first kappa shape index (κ1) is 18.5. The number of hydrogen-bond acceptors (Lipinski definition) is 4. The quantitative estimate of drug-likeness (QED) is 0.405.